The number of pyridine rings is 1. The first kappa shape index (κ1) is 17.4. The fraction of sp³-hybridized carbons (Fsp3) is 0.318. The molecule has 4 heterocycles. The Labute approximate surface area is 168 Å². The van der Waals surface area contributed by atoms with E-state index in [0.717, 1.165) is 36.5 Å². The van der Waals surface area contributed by atoms with Crippen LogP contribution in [0.25, 0.3) is 10.9 Å². The highest BCUT2D eigenvalue weighted by atomic mass is 32.1. The highest BCUT2D eigenvalue weighted by Crippen LogP contribution is 2.33. The van der Waals surface area contributed by atoms with Crippen LogP contribution in [0.15, 0.2) is 53.6 Å². The molecule has 0 saturated carbocycles. The van der Waals surface area contributed by atoms with Crippen LogP contribution < -0.4 is 4.90 Å². The Hall–Kier alpha value is -2.73. The van der Waals surface area contributed by atoms with Crippen LogP contribution in [-0.2, 0) is 6.54 Å². The van der Waals surface area contributed by atoms with Crippen LogP contribution in [0.1, 0.15) is 36.0 Å². The molecule has 4 aromatic rings. The zero-order chi connectivity index (χ0) is 18.9. The number of hydrogen-bond donors (Lipinski definition) is 0. The topological polar surface area (TPSA) is 46.8 Å². The van der Waals surface area contributed by atoms with E-state index >= 15 is 0 Å². The minimum atomic E-state index is 0.426. The standard InChI is InChI=1S/C22H23N5S/c1-16-11-21(19-6-2-3-7-20(19)25-16)26-9-4-5-17(12-26)22-23-8-10-27(22)13-18-14-28-15-24-18/h2-3,6-8,10-11,14-15,17H,4-5,9,12-13H2,1H3/t17-/m0/s1. The average Bonchev–Trinajstić information content (AvgIpc) is 3.40. The van der Waals surface area contributed by atoms with E-state index in [1.54, 1.807) is 11.3 Å². The van der Waals surface area contributed by atoms with Crippen LogP contribution >= 0.6 is 11.3 Å². The van der Waals surface area contributed by atoms with Gasteiger partial charge in [-0.2, -0.15) is 0 Å². The molecule has 28 heavy (non-hydrogen) atoms. The Morgan fingerprint density at radius 3 is 3.04 bits per heavy atom. The third kappa shape index (κ3) is 3.29. The predicted octanol–water partition coefficient (Wildman–Crippen LogP) is 4.63. The third-order valence-corrected chi connectivity index (χ3v) is 6.15. The highest BCUT2D eigenvalue weighted by Gasteiger charge is 2.26. The summed E-state index contributed by atoms with van der Waals surface area (Å²) in [5, 5.41) is 3.35. The minimum Gasteiger partial charge on any atom is -0.370 e. The number of fused-ring (bicyclic) bond motifs is 1. The maximum Gasteiger partial charge on any atom is 0.113 e. The molecule has 5 rings (SSSR count). The molecule has 0 N–H and O–H groups in total. The van der Waals surface area contributed by atoms with Crippen molar-refractivity contribution in [3.8, 4) is 0 Å². The lowest BCUT2D eigenvalue weighted by molar-refractivity contribution is 0.476. The van der Waals surface area contributed by atoms with Gasteiger partial charge in [-0.1, -0.05) is 18.2 Å². The molecule has 0 bridgehead atoms. The van der Waals surface area contributed by atoms with E-state index in [9.17, 15) is 0 Å². The van der Waals surface area contributed by atoms with Gasteiger partial charge in [-0.25, -0.2) is 9.97 Å². The van der Waals surface area contributed by atoms with Gasteiger partial charge in [0.05, 0.1) is 23.3 Å². The summed E-state index contributed by atoms with van der Waals surface area (Å²) in [6.45, 7) is 4.95. The lowest BCUT2D eigenvalue weighted by Gasteiger charge is -2.35. The van der Waals surface area contributed by atoms with Gasteiger partial charge >= 0.3 is 0 Å². The van der Waals surface area contributed by atoms with Crippen molar-refractivity contribution in [2.45, 2.75) is 32.2 Å². The first-order valence-electron chi connectivity index (χ1n) is 9.77. The number of hydrogen-bond acceptors (Lipinski definition) is 5. The molecule has 1 aliphatic rings. The summed E-state index contributed by atoms with van der Waals surface area (Å²) in [4.78, 5) is 16.4. The van der Waals surface area contributed by atoms with Crippen molar-refractivity contribution in [2.24, 2.45) is 0 Å². The van der Waals surface area contributed by atoms with Gasteiger partial charge in [-0.05, 0) is 31.9 Å². The molecule has 0 unspecified atom stereocenters. The molecule has 0 spiro atoms. The van der Waals surface area contributed by atoms with Crippen molar-refractivity contribution < 1.29 is 0 Å². The van der Waals surface area contributed by atoms with E-state index in [0.29, 0.717) is 5.92 Å². The predicted molar refractivity (Wildman–Crippen MR) is 114 cm³/mol. The Bertz CT molecular complexity index is 1090. The molecule has 0 amide bonds. The molecule has 1 atom stereocenters. The van der Waals surface area contributed by atoms with Gasteiger partial charge in [0.1, 0.15) is 5.82 Å². The molecule has 5 nitrogen and oxygen atoms in total. The Kier molecular flexibility index (Phi) is 4.56. The summed E-state index contributed by atoms with van der Waals surface area (Å²) in [6, 6.07) is 10.7. The first-order valence-corrected chi connectivity index (χ1v) is 10.7. The molecule has 0 radical (unpaired) electrons. The van der Waals surface area contributed by atoms with E-state index in [4.69, 9.17) is 9.97 Å². The summed E-state index contributed by atoms with van der Waals surface area (Å²) >= 11 is 1.64. The average molecular weight is 390 g/mol. The fourth-order valence-corrected chi connectivity index (χ4v) is 4.81. The second-order valence-electron chi connectivity index (χ2n) is 7.48. The van der Waals surface area contributed by atoms with Crippen LogP contribution in [0.5, 0.6) is 0 Å². The number of aromatic nitrogens is 4. The fourth-order valence-electron chi connectivity index (χ4n) is 4.26. The lowest BCUT2D eigenvalue weighted by atomic mass is 9.96. The van der Waals surface area contributed by atoms with Gasteiger partial charge in [-0.15, -0.1) is 11.3 Å². The summed E-state index contributed by atoms with van der Waals surface area (Å²) in [7, 11) is 0. The molecule has 1 fully saturated rings. The monoisotopic (exact) mass is 389 g/mol. The van der Waals surface area contributed by atoms with Crippen molar-refractivity contribution in [3.05, 3.63) is 70.8 Å². The highest BCUT2D eigenvalue weighted by molar-refractivity contribution is 7.07. The number of thiazole rings is 1. The van der Waals surface area contributed by atoms with Gasteiger partial charge in [-0.3, -0.25) is 4.98 Å². The number of aryl methyl sites for hydroxylation is 1. The van der Waals surface area contributed by atoms with E-state index in [-0.39, 0.29) is 0 Å². The number of para-hydroxylation sites is 1. The Balaban J connectivity index is 1.45. The Morgan fingerprint density at radius 2 is 2.14 bits per heavy atom. The molecule has 3 aromatic heterocycles. The van der Waals surface area contributed by atoms with Gasteiger partial charge in [0.25, 0.3) is 0 Å². The van der Waals surface area contributed by atoms with Crippen LogP contribution in [-0.4, -0.2) is 32.6 Å². The molecule has 142 valence electrons. The Morgan fingerprint density at radius 1 is 1.21 bits per heavy atom. The smallest absolute Gasteiger partial charge is 0.113 e. The summed E-state index contributed by atoms with van der Waals surface area (Å²) in [6.07, 6.45) is 6.35. The maximum absolute atomic E-state index is 4.73. The lowest BCUT2D eigenvalue weighted by Crippen LogP contribution is -2.35. The quantitative estimate of drug-likeness (QED) is 0.511. The molecule has 1 saturated heterocycles. The number of nitrogens with zero attached hydrogens (tertiary/aromatic N) is 5. The van der Waals surface area contributed by atoms with E-state index < -0.39 is 0 Å². The van der Waals surface area contributed by atoms with Crippen LogP contribution in [0.3, 0.4) is 0 Å². The van der Waals surface area contributed by atoms with Gasteiger partial charge in [0.2, 0.25) is 0 Å². The SMILES string of the molecule is Cc1cc(N2CCC[C@H](c3nccn3Cc3cscn3)C2)c2ccccc2n1. The van der Waals surface area contributed by atoms with Crippen molar-refractivity contribution in [1.29, 1.82) is 0 Å². The van der Waals surface area contributed by atoms with E-state index in [1.807, 2.05) is 11.7 Å². The minimum absolute atomic E-state index is 0.426. The third-order valence-electron chi connectivity index (χ3n) is 5.51. The molecule has 6 heteroatoms. The van der Waals surface area contributed by atoms with Crippen LogP contribution in [0, 0.1) is 6.92 Å². The number of rotatable bonds is 4. The maximum atomic E-state index is 4.73. The molecule has 1 aromatic carbocycles. The second-order valence-corrected chi connectivity index (χ2v) is 8.20. The van der Waals surface area contributed by atoms with Crippen LogP contribution in [0.4, 0.5) is 5.69 Å². The zero-order valence-corrected chi connectivity index (χ0v) is 16.8. The number of benzene rings is 1. The molecule has 1 aliphatic heterocycles. The van der Waals surface area contributed by atoms with Gasteiger partial charge < -0.3 is 9.47 Å². The second kappa shape index (κ2) is 7.36. The van der Waals surface area contributed by atoms with Crippen molar-refractivity contribution in [3.63, 3.8) is 0 Å². The molecular formula is C22H23N5S. The summed E-state index contributed by atoms with van der Waals surface area (Å²) in [5.74, 6) is 1.60. The van der Waals surface area contributed by atoms with Gasteiger partial charge in [0, 0.05) is 53.5 Å². The number of piperidine rings is 1. The summed E-state index contributed by atoms with van der Waals surface area (Å²) in [5.41, 5.74) is 6.44. The van der Waals surface area contributed by atoms with Crippen molar-refractivity contribution in [2.75, 3.05) is 18.0 Å². The first-order chi connectivity index (χ1) is 13.8. The van der Waals surface area contributed by atoms with Crippen molar-refractivity contribution >= 4 is 27.9 Å². The normalized spacial score (nSPS) is 17.3. The molecule has 0 aliphatic carbocycles. The van der Waals surface area contributed by atoms with Crippen molar-refractivity contribution in [1.82, 2.24) is 19.5 Å². The summed E-state index contributed by atoms with van der Waals surface area (Å²) < 4.78 is 2.26. The van der Waals surface area contributed by atoms with Crippen LogP contribution in [0.2, 0.25) is 0 Å². The van der Waals surface area contributed by atoms with Gasteiger partial charge in [0.15, 0.2) is 0 Å². The molecular weight excluding hydrogens is 366 g/mol. The number of anilines is 1. The largest absolute Gasteiger partial charge is 0.370 e. The zero-order valence-electron chi connectivity index (χ0n) is 16.0. The van der Waals surface area contributed by atoms with E-state index in [1.165, 1.54) is 29.7 Å². The number of imidazole rings is 1. The van der Waals surface area contributed by atoms with E-state index in [2.05, 4.69) is 63.3 Å².